The van der Waals surface area contributed by atoms with Gasteiger partial charge in [0.15, 0.2) is 5.11 Å². The van der Waals surface area contributed by atoms with E-state index in [4.69, 9.17) is 12.2 Å². The summed E-state index contributed by atoms with van der Waals surface area (Å²) in [5, 5.41) is 17.5. The van der Waals surface area contributed by atoms with E-state index in [0.29, 0.717) is 10.8 Å². The molecule has 0 fully saturated rings. The summed E-state index contributed by atoms with van der Waals surface area (Å²) in [6.07, 6.45) is 1.76. The Balaban J connectivity index is 2.23. The molecule has 2 rings (SSSR count). The third-order valence-electron chi connectivity index (χ3n) is 3.59. The van der Waals surface area contributed by atoms with Crippen molar-refractivity contribution in [2.24, 2.45) is 0 Å². The van der Waals surface area contributed by atoms with Crippen molar-refractivity contribution < 1.29 is 4.92 Å². The molecule has 0 saturated heterocycles. The first-order valence-electron chi connectivity index (χ1n) is 7.49. The van der Waals surface area contributed by atoms with Crippen molar-refractivity contribution in [2.75, 3.05) is 10.6 Å². The van der Waals surface area contributed by atoms with Crippen molar-refractivity contribution in [1.82, 2.24) is 0 Å². The second-order valence-corrected chi connectivity index (χ2v) is 5.42. The largest absolute Gasteiger partial charge is 0.332 e. The van der Waals surface area contributed by atoms with Gasteiger partial charge in [-0.3, -0.25) is 10.1 Å². The molecule has 2 N–H and O–H groups in total. The van der Waals surface area contributed by atoms with Crippen LogP contribution >= 0.6 is 12.2 Å². The van der Waals surface area contributed by atoms with E-state index < -0.39 is 4.92 Å². The maximum Gasteiger partial charge on any atom is 0.292 e. The highest BCUT2D eigenvalue weighted by molar-refractivity contribution is 7.80. The first kappa shape index (κ1) is 16.9. The zero-order valence-electron chi connectivity index (χ0n) is 13.1. The number of thiocarbonyl (C=S) groups is 1. The standard InChI is InChI=1S/C17H19N3O2S/c1-3-12-8-7-9-13(4-2)16(12)19-17(23)18-14-10-5-6-11-15(14)20(21)22/h5-11H,3-4H2,1-2H3,(H2,18,19,23). The molecule has 0 bridgehead atoms. The average Bonchev–Trinajstić information content (AvgIpc) is 2.55. The van der Waals surface area contributed by atoms with E-state index in [2.05, 4.69) is 36.6 Å². The van der Waals surface area contributed by atoms with E-state index in [1.807, 2.05) is 6.07 Å². The van der Waals surface area contributed by atoms with Crippen LogP contribution in [0.2, 0.25) is 0 Å². The van der Waals surface area contributed by atoms with Gasteiger partial charge in [-0.15, -0.1) is 0 Å². The number of anilines is 2. The fourth-order valence-electron chi connectivity index (χ4n) is 2.41. The molecule has 0 aliphatic carbocycles. The van der Waals surface area contributed by atoms with Crippen LogP contribution < -0.4 is 10.6 Å². The van der Waals surface area contributed by atoms with Crippen LogP contribution in [0.5, 0.6) is 0 Å². The summed E-state index contributed by atoms with van der Waals surface area (Å²) in [4.78, 5) is 10.6. The molecule has 23 heavy (non-hydrogen) atoms. The molecule has 5 nitrogen and oxygen atoms in total. The Morgan fingerprint density at radius 1 is 1.04 bits per heavy atom. The Labute approximate surface area is 140 Å². The molecule has 0 aromatic heterocycles. The predicted octanol–water partition coefficient (Wildman–Crippen LogP) is 4.53. The molecule has 0 amide bonds. The van der Waals surface area contributed by atoms with Gasteiger partial charge in [-0.25, -0.2) is 0 Å². The summed E-state index contributed by atoms with van der Waals surface area (Å²) in [5.74, 6) is 0. The van der Waals surface area contributed by atoms with Gasteiger partial charge in [-0.1, -0.05) is 44.2 Å². The van der Waals surface area contributed by atoms with Crippen LogP contribution in [-0.4, -0.2) is 10.0 Å². The second-order valence-electron chi connectivity index (χ2n) is 5.01. The Bertz CT molecular complexity index is 709. The Morgan fingerprint density at radius 3 is 2.22 bits per heavy atom. The average molecular weight is 329 g/mol. The number of para-hydroxylation sites is 3. The zero-order valence-corrected chi connectivity index (χ0v) is 13.9. The van der Waals surface area contributed by atoms with Crippen molar-refractivity contribution in [3.05, 3.63) is 63.7 Å². The van der Waals surface area contributed by atoms with E-state index in [9.17, 15) is 10.1 Å². The summed E-state index contributed by atoms with van der Waals surface area (Å²) < 4.78 is 0. The molecular formula is C17H19N3O2S. The number of nitrogens with one attached hydrogen (secondary N) is 2. The Hall–Kier alpha value is -2.47. The summed E-state index contributed by atoms with van der Waals surface area (Å²) >= 11 is 5.33. The van der Waals surface area contributed by atoms with Gasteiger partial charge < -0.3 is 10.6 Å². The highest BCUT2D eigenvalue weighted by Gasteiger charge is 2.14. The SMILES string of the molecule is CCc1cccc(CC)c1NC(=S)Nc1ccccc1[N+](=O)[O-]. The van der Waals surface area contributed by atoms with Gasteiger partial charge in [0, 0.05) is 11.8 Å². The number of rotatable bonds is 5. The molecule has 0 saturated carbocycles. The van der Waals surface area contributed by atoms with Crippen molar-refractivity contribution >= 4 is 34.4 Å². The molecule has 0 spiro atoms. The van der Waals surface area contributed by atoms with E-state index in [-0.39, 0.29) is 5.69 Å². The molecule has 6 heteroatoms. The lowest BCUT2D eigenvalue weighted by molar-refractivity contribution is -0.383. The minimum atomic E-state index is -0.428. The minimum Gasteiger partial charge on any atom is -0.332 e. The number of nitro benzene ring substituents is 1. The number of aryl methyl sites for hydroxylation is 2. The molecule has 0 atom stereocenters. The lowest BCUT2D eigenvalue weighted by Gasteiger charge is -2.17. The molecule has 120 valence electrons. The van der Waals surface area contributed by atoms with Gasteiger partial charge in [0.1, 0.15) is 5.69 Å². The van der Waals surface area contributed by atoms with Crippen molar-refractivity contribution in [1.29, 1.82) is 0 Å². The maximum absolute atomic E-state index is 11.1. The molecule has 2 aromatic carbocycles. The van der Waals surface area contributed by atoms with E-state index in [0.717, 1.165) is 29.7 Å². The lowest BCUT2D eigenvalue weighted by Crippen LogP contribution is -2.21. The van der Waals surface area contributed by atoms with Crippen LogP contribution in [0.3, 0.4) is 0 Å². The van der Waals surface area contributed by atoms with Crippen LogP contribution in [-0.2, 0) is 12.8 Å². The van der Waals surface area contributed by atoms with Gasteiger partial charge in [0.05, 0.1) is 4.92 Å². The van der Waals surface area contributed by atoms with Crippen molar-refractivity contribution in [2.45, 2.75) is 26.7 Å². The number of benzene rings is 2. The van der Waals surface area contributed by atoms with E-state index in [1.165, 1.54) is 6.07 Å². The highest BCUT2D eigenvalue weighted by atomic mass is 32.1. The van der Waals surface area contributed by atoms with Crippen LogP contribution in [0.1, 0.15) is 25.0 Å². The van der Waals surface area contributed by atoms with Crippen LogP contribution in [0, 0.1) is 10.1 Å². The molecule has 0 radical (unpaired) electrons. The topological polar surface area (TPSA) is 67.2 Å². The fourth-order valence-corrected chi connectivity index (χ4v) is 2.62. The maximum atomic E-state index is 11.1. The van der Waals surface area contributed by atoms with Gasteiger partial charge in [0.25, 0.3) is 5.69 Å². The number of nitrogens with zero attached hydrogens (tertiary/aromatic N) is 1. The molecule has 0 aliphatic heterocycles. The van der Waals surface area contributed by atoms with Gasteiger partial charge in [0.2, 0.25) is 0 Å². The first-order valence-corrected chi connectivity index (χ1v) is 7.89. The number of nitro groups is 1. The minimum absolute atomic E-state index is 0.00357. The lowest BCUT2D eigenvalue weighted by atomic mass is 10.0. The Kier molecular flexibility index (Phi) is 5.65. The van der Waals surface area contributed by atoms with Crippen LogP contribution in [0.25, 0.3) is 0 Å². The number of hydrogen-bond acceptors (Lipinski definition) is 3. The summed E-state index contributed by atoms with van der Waals surface area (Å²) in [7, 11) is 0. The zero-order chi connectivity index (χ0) is 16.8. The molecule has 0 aliphatic rings. The normalized spacial score (nSPS) is 10.2. The first-order chi connectivity index (χ1) is 11.1. The third-order valence-corrected chi connectivity index (χ3v) is 3.79. The van der Waals surface area contributed by atoms with Gasteiger partial charge in [-0.05, 0) is 42.3 Å². The smallest absolute Gasteiger partial charge is 0.292 e. The highest BCUT2D eigenvalue weighted by Crippen LogP contribution is 2.25. The summed E-state index contributed by atoms with van der Waals surface area (Å²) in [6, 6.07) is 12.6. The number of hydrogen-bond donors (Lipinski definition) is 2. The van der Waals surface area contributed by atoms with Gasteiger partial charge >= 0.3 is 0 Å². The second kappa shape index (κ2) is 7.69. The molecule has 0 unspecified atom stereocenters. The van der Waals surface area contributed by atoms with E-state index in [1.54, 1.807) is 18.2 Å². The molecular weight excluding hydrogens is 310 g/mol. The molecule has 0 heterocycles. The van der Waals surface area contributed by atoms with Crippen molar-refractivity contribution in [3.63, 3.8) is 0 Å². The van der Waals surface area contributed by atoms with Crippen LogP contribution in [0.4, 0.5) is 17.1 Å². The fraction of sp³-hybridized carbons (Fsp3) is 0.235. The van der Waals surface area contributed by atoms with Crippen LogP contribution in [0.15, 0.2) is 42.5 Å². The molecule has 2 aromatic rings. The quantitative estimate of drug-likeness (QED) is 0.479. The summed E-state index contributed by atoms with van der Waals surface area (Å²) in [6.45, 7) is 4.16. The van der Waals surface area contributed by atoms with Crippen molar-refractivity contribution in [3.8, 4) is 0 Å². The van der Waals surface area contributed by atoms with E-state index >= 15 is 0 Å². The third kappa shape index (κ3) is 4.04. The summed E-state index contributed by atoms with van der Waals surface area (Å²) in [5.41, 5.74) is 3.68. The van der Waals surface area contributed by atoms with Gasteiger partial charge in [-0.2, -0.15) is 0 Å². The monoisotopic (exact) mass is 329 g/mol. The predicted molar refractivity (Wildman–Crippen MR) is 98.1 cm³/mol. The Morgan fingerprint density at radius 2 is 1.65 bits per heavy atom.